The van der Waals surface area contributed by atoms with Gasteiger partial charge >= 0.3 is 5.97 Å². The van der Waals surface area contributed by atoms with Gasteiger partial charge in [-0.1, -0.05) is 30.3 Å². The van der Waals surface area contributed by atoms with E-state index in [-0.39, 0.29) is 5.91 Å². The number of carbonyl (C=O) groups is 2. The van der Waals surface area contributed by atoms with Crippen molar-refractivity contribution in [2.45, 2.75) is 44.2 Å². The van der Waals surface area contributed by atoms with E-state index in [4.69, 9.17) is 7.15 Å². The summed E-state index contributed by atoms with van der Waals surface area (Å²) in [5, 5.41) is 12.7. The summed E-state index contributed by atoms with van der Waals surface area (Å²) < 4.78 is 8.66. The quantitative estimate of drug-likeness (QED) is 0.621. The van der Waals surface area contributed by atoms with E-state index in [1.54, 1.807) is 0 Å². The smallest absolute Gasteiger partial charge is 0.326 e. The van der Waals surface area contributed by atoms with Crippen molar-refractivity contribution in [3.05, 3.63) is 42.5 Å². The highest BCUT2D eigenvalue weighted by atomic mass is 16.4. The van der Waals surface area contributed by atoms with Gasteiger partial charge in [-0.2, -0.15) is 0 Å². The normalized spacial score (nSPS) is 18.3. The molecule has 1 aliphatic rings. The number of amides is 1. The molecule has 1 amide bonds. The van der Waals surface area contributed by atoms with Crippen LogP contribution in [0.15, 0.2) is 42.5 Å². The standard InChI is InChI=1S/C21H27N3O3/c22-12-4-3-8-18(20(25)24-13-5-9-19(24)21(26)27)23-17-11-10-15-6-1-2-7-16(15)14-17/h1-2,6-7,10-11,14,18-19,23H,3-5,8-9,12-13,22H2,(H,26,27)/t18-,19-/m0/s1/i/hD. The van der Waals surface area contributed by atoms with Gasteiger partial charge in [0.2, 0.25) is 5.91 Å². The van der Waals surface area contributed by atoms with Crippen LogP contribution in [-0.4, -0.2) is 47.1 Å². The SMILES string of the molecule is [2H]N(c1ccc2ccccc2c1)[C@@H](CCCCN)C(=O)N1CCC[C@H]1C(=O)O. The molecule has 1 saturated heterocycles. The van der Waals surface area contributed by atoms with Crippen molar-refractivity contribution in [1.82, 2.24) is 4.90 Å². The molecule has 1 fully saturated rings. The Hall–Kier alpha value is -2.60. The van der Waals surface area contributed by atoms with Crippen molar-refractivity contribution in [3.8, 4) is 0 Å². The highest BCUT2D eigenvalue weighted by molar-refractivity contribution is 5.91. The molecule has 1 heterocycles. The van der Waals surface area contributed by atoms with E-state index in [2.05, 4.69) is 0 Å². The maximum atomic E-state index is 13.2. The number of nitrogens with zero attached hydrogens (tertiary/aromatic N) is 1. The molecule has 144 valence electrons. The van der Waals surface area contributed by atoms with E-state index in [1.807, 2.05) is 42.5 Å². The van der Waals surface area contributed by atoms with Gasteiger partial charge < -0.3 is 21.0 Å². The summed E-state index contributed by atoms with van der Waals surface area (Å²) in [6.45, 7) is 0.950. The average molecular weight is 370 g/mol. The predicted octanol–water partition coefficient (Wildman–Crippen LogP) is 2.82. The molecule has 2 aromatic carbocycles. The van der Waals surface area contributed by atoms with Gasteiger partial charge in [-0.15, -0.1) is 0 Å². The summed E-state index contributed by atoms with van der Waals surface area (Å²) >= 11 is 0. The van der Waals surface area contributed by atoms with Gasteiger partial charge in [0.1, 0.15) is 12.1 Å². The summed E-state index contributed by atoms with van der Waals surface area (Å²) in [4.78, 5) is 26.1. The molecule has 0 saturated carbocycles. The minimum Gasteiger partial charge on any atom is -0.480 e. The first-order valence-corrected chi connectivity index (χ1v) is 9.53. The number of hydrogen-bond acceptors (Lipinski definition) is 4. The number of unbranched alkanes of at least 4 members (excludes halogenated alkanes) is 1. The Kier molecular flexibility index (Phi) is 5.84. The van der Waals surface area contributed by atoms with Crippen LogP contribution in [0.5, 0.6) is 0 Å². The van der Waals surface area contributed by atoms with Crippen LogP contribution in [0.4, 0.5) is 5.69 Å². The van der Waals surface area contributed by atoms with Crippen LogP contribution in [0, 0.1) is 0 Å². The number of nitrogens with two attached hydrogens (primary N) is 1. The number of fused-ring (bicyclic) bond motifs is 1. The van der Waals surface area contributed by atoms with Crippen molar-refractivity contribution >= 4 is 28.3 Å². The first-order chi connectivity index (χ1) is 13.5. The lowest BCUT2D eigenvalue weighted by atomic mass is 10.1. The highest BCUT2D eigenvalue weighted by Crippen LogP contribution is 2.23. The molecule has 27 heavy (non-hydrogen) atoms. The second-order valence-electron chi connectivity index (χ2n) is 6.99. The van der Waals surface area contributed by atoms with Gasteiger partial charge in [-0.05, 0) is 61.6 Å². The molecule has 0 bridgehead atoms. The Morgan fingerprint density at radius 1 is 1.26 bits per heavy atom. The molecule has 0 unspecified atom stereocenters. The van der Waals surface area contributed by atoms with Crippen LogP contribution in [0.25, 0.3) is 10.8 Å². The predicted molar refractivity (Wildman–Crippen MR) is 107 cm³/mol. The Morgan fingerprint density at radius 3 is 2.78 bits per heavy atom. The summed E-state index contributed by atoms with van der Waals surface area (Å²) in [6.07, 6.45) is 3.07. The fourth-order valence-electron chi connectivity index (χ4n) is 3.64. The fraction of sp³-hybridized carbons (Fsp3) is 0.429. The zero-order chi connectivity index (χ0) is 20.1. The minimum absolute atomic E-state index is 0.287. The van der Waals surface area contributed by atoms with Crippen molar-refractivity contribution in [3.63, 3.8) is 0 Å². The molecule has 3 rings (SSSR count). The van der Waals surface area contributed by atoms with E-state index in [0.717, 1.165) is 17.2 Å². The summed E-state index contributed by atoms with van der Waals surface area (Å²) in [7, 11) is 0. The van der Waals surface area contributed by atoms with Gasteiger partial charge in [0, 0.05) is 12.2 Å². The third-order valence-corrected chi connectivity index (χ3v) is 5.08. The van der Waals surface area contributed by atoms with Gasteiger partial charge in [-0.3, -0.25) is 4.79 Å². The number of hydrogen-bond donors (Lipinski definition) is 3. The molecule has 2 aromatic rings. The molecule has 6 heteroatoms. The molecule has 0 aromatic heterocycles. The zero-order valence-electron chi connectivity index (χ0n) is 16.4. The van der Waals surface area contributed by atoms with Crippen molar-refractivity contribution in [2.75, 3.05) is 18.4 Å². The molecule has 2 atom stereocenters. The number of carboxylic acid groups (broad SMARTS) is 1. The number of rotatable bonds is 8. The van der Waals surface area contributed by atoms with Crippen LogP contribution in [0.2, 0.25) is 1.41 Å². The topological polar surface area (TPSA) is 95.7 Å². The summed E-state index contributed by atoms with van der Waals surface area (Å²) in [5.41, 5.74) is 6.21. The van der Waals surface area contributed by atoms with Gasteiger partial charge in [0.15, 0.2) is 1.41 Å². The summed E-state index contributed by atoms with van der Waals surface area (Å²) in [6, 6.07) is 12.0. The zero-order valence-corrected chi connectivity index (χ0v) is 15.4. The van der Waals surface area contributed by atoms with Crippen LogP contribution < -0.4 is 11.0 Å². The Balaban J connectivity index is 1.86. The van der Waals surface area contributed by atoms with E-state index < -0.39 is 18.1 Å². The lowest BCUT2D eigenvalue weighted by molar-refractivity contribution is -0.148. The third kappa shape index (κ3) is 4.57. The van der Waals surface area contributed by atoms with E-state index >= 15 is 0 Å². The Morgan fingerprint density at radius 2 is 2.04 bits per heavy atom. The van der Waals surface area contributed by atoms with Gasteiger partial charge in [0.05, 0.1) is 0 Å². The Bertz CT molecular complexity index is 845. The van der Waals surface area contributed by atoms with Crippen molar-refractivity contribution in [2.24, 2.45) is 5.73 Å². The van der Waals surface area contributed by atoms with E-state index in [0.29, 0.717) is 44.5 Å². The second-order valence-corrected chi connectivity index (χ2v) is 6.99. The average Bonchev–Trinajstić information content (AvgIpc) is 3.20. The minimum atomic E-state index is -0.978. The number of carbonyl (C=O) groups excluding carboxylic acids is 1. The lowest BCUT2D eigenvalue weighted by Crippen LogP contribution is -2.47. The van der Waals surface area contributed by atoms with Crippen LogP contribution >= 0.6 is 0 Å². The molecule has 1 aliphatic heterocycles. The molecule has 6 nitrogen and oxygen atoms in total. The van der Waals surface area contributed by atoms with Crippen molar-refractivity contribution in [1.29, 1.82) is 0 Å². The number of likely N-dealkylation sites (tertiary alicyclic amines) is 1. The monoisotopic (exact) mass is 370 g/mol. The number of carboxylic acids is 1. The molecular formula is C21H27N3O3. The Labute approximate surface area is 160 Å². The molecule has 0 aliphatic carbocycles. The van der Waals surface area contributed by atoms with Gasteiger partial charge in [-0.25, -0.2) is 4.79 Å². The first kappa shape index (κ1) is 17.8. The number of benzene rings is 2. The van der Waals surface area contributed by atoms with E-state index in [9.17, 15) is 14.7 Å². The first-order valence-electron chi connectivity index (χ1n) is 9.98. The molecule has 4 N–H and O–H groups in total. The molecule has 0 spiro atoms. The largest absolute Gasteiger partial charge is 0.480 e. The van der Waals surface area contributed by atoms with E-state index in [1.165, 1.54) is 10.2 Å². The van der Waals surface area contributed by atoms with Crippen LogP contribution in [-0.2, 0) is 9.59 Å². The third-order valence-electron chi connectivity index (χ3n) is 5.08. The second kappa shape index (κ2) is 8.86. The van der Waals surface area contributed by atoms with Crippen LogP contribution in [0.1, 0.15) is 32.1 Å². The molecule has 0 radical (unpaired) electrons. The number of anilines is 1. The lowest BCUT2D eigenvalue weighted by Gasteiger charge is -2.28. The number of aliphatic carboxylic acids is 1. The number of nitrogens with one attached hydrogen (secondary N) is 1. The van der Waals surface area contributed by atoms with Gasteiger partial charge in [0.25, 0.3) is 0 Å². The molecular weight excluding hydrogens is 342 g/mol. The van der Waals surface area contributed by atoms with Crippen LogP contribution in [0.3, 0.4) is 0 Å². The summed E-state index contributed by atoms with van der Waals surface area (Å²) in [5.74, 6) is -1.26. The maximum Gasteiger partial charge on any atom is 0.326 e. The fourth-order valence-corrected chi connectivity index (χ4v) is 3.64. The highest BCUT2D eigenvalue weighted by Gasteiger charge is 2.36. The van der Waals surface area contributed by atoms with Crippen molar-refractivity contribution < 1.29 is 16.1 Å². The maximum absolute atomic E-state index is 13.2.